The Morgan fingerprint density at radius 1 is 0.458 bits per heavy atom. The maximum absolute atomic E-state index is 6.11. The average molecular weight is 654 g/mol. The third-order valence-corrected chi connectivity index (χ3v) is 9.86. The van der Waals surface area contributed by atoms with Gasteiger partial charge >= 0.3 is 5.78 Å². The zero-order valence-electron chi connectivity index (χ0n) is 30.7. The van der Waals surface area contributed by atoms with Crippen molar-refractivity contribution in [3.63, 3.8) is 0 Å². The lowest BCUT2D eigenvalue weighted by atomic mass is 10.0. The highest BCUT2D eigenvalue weighted by Gasteiger charge is 2.47. The molecule has 0 saturated heterocycles. The van der Waals surface area contributed by atoms with Crippen molar-refractivity contribution in [1.29, 1.82) is 0 Å². The average Bonchev–Trinajstić information content (AvgIpc) is 3.87. The summed E-state index contributed by atoms with van der Waals surface area (Å²) in [5.41, 5.74) is 5.50. The summed E-state index contributed by atoms with van der Waals surface area (Å²) in [6.45, 7) is 9.20. The topological polar surface area (TPSA) is 29.8 Å². The first kappa shape index (κ1) is 37.7. The molecule has 4 rings (SSSR count). The molecule has 3 heteroatoms. The second-order valence-electron chi connectivity index (χ2n) is 13.9. The van der Waals surface area contributed by atoms with Crippen LogP contribution in [0.2, 0.25) is 0 Å². The highest BCUT2D eigenvalue weighted by molar-refractivity contribution is 6.02. The van der Waals surface area contributed by atoms with E-state index in [2.05, 4.69) is 93.6 Å². The number of allylic oxidation sites excluding steroid dienone is 6. The van der Waals surface area contributed by atoms with E-state index in [1.165, 1.54) is 119 Å². The predicted octanol–water partition coefficient (Wildman–Crippen LogP) is 12.9. The quantitative estimate of drug-likeness (QED) is 0.0788. The van der Waals surface area contributed by atoms with E-state index in [0.717, 1.165) is 56.4 Å². The molecule has 0 bridgehead atoms. The molecule has 0 spiro atoms. The highest BCUT2D eigenvalue weighted by atomic mass is 16.5. The summed E-state index contributed by atoms with van der Waals surface area (Å²) >= 11 is 0. The minimum absolute atomic E-state index is 0.363. The van der Waals surface area contributed by atoms with Gasteiger partial charge in [0.05, 0.1) is 13.2 Å². The number of ether oxygens (including phenoxy) is 2. The van der Waals surface area contributed by atoms with Gasteiger partial charge in [0.25, 0.3) is 6.61 Å². The third-order valence-electron chi connectivity index (χ3n) is 9.86. The Bertz CT molecular complexity index is 1190. The summed E-state index contributed by atoms with van der Waals surface area (Å²) in [5, 5.41) is 0. The second kappa shape index (κ2) is 22.5. The van der Waals surface area contributed by atoms with Crippen molar-refractivity contribution in [1.82, 2.24) is 0 Å². The SMILES string of the molecule is CCCCCCCCOc1ccc(C2C(=C3C=CC(=[O+]CCCCCCCC)C=C3)C2c2ccc(OCCCCCCCC)cc2)cc1. The third kappa shape index (κ3) is 13.1. The molecular formula is C45H65O3+. The summed E-state index contributed by atoms with van der Waals surface area (Å²) in [6, 6.07) is 17.8. The highest BCUT2D eigenvalue weighted by Crippen LogP contribution is 2.62. The number of hydrogen-bond acceptors (Lipinski definition) is 2. The summed E-state index contributed by atoms with van der Waals surface area (Å²) < 4.78 is 18.3. The van der Waals surface area contributed by atoms with E-state index in [4.69, 9.17) is 13.9 Å². The van der Waals surface area contributed by atoms with Crippen molar-refractivity contribution in [3.8, 4) is 11.5 Å². The number of benzene rings is 2. The van der Waals surface area contributed by atoms with Gasteiger partial charge in [-0.05, 0) is 78.0 Å². The second-order valence-corrected chi connectivity index (χ2v) is 13.9. The Morgan fingerprint density at radius 3 is 1.29 bits per heavy atom. The number of unbranched alkanes of at least 4 members (excludes halogenated alkanes) is 15. The Morgan fingerprint density at radius 2 is 0.854 bits per heavy atom. The van der Waals surface area contributed by atoms with Gasteiger partial charge in [0.1, 0.15) is 11.5 Å². The van der Waals surface area contributed by atoms with Crippen molar-refractivity contribution < 1.29 is 13.9 Å². The van der Waals surface area contributed by atoms with Gasteiger partial charge in [0, 0.05) is 30.4 Å². The maximum atomic E-state index is 6.11. The fraction of sp³-hybridized carbons (Fsp3) is 0.578. The number of ketones is 1. The summed E-state index contributed by atoms with van der Waals surface area (Å²) in [4.78, 5) is 0. The molecule has 2 aliphatic rings. The Balaban J connectivity index is 1.37. The van der Waals surface area contributed by atoms with Gasteiger partial charge in [-0.3, -0.25) is 4.42 Å². The minimum Gasteiger partial charge on any atom is -0.494 e. The summed E-state index contributed by atoms with van der Waals surface area (Å²) in [6.07, 6.45) is 31.9. The maximum Gasteiger partial charge on any atom is 0.343 e. The lowest BCUT2D eigenvalue weighted by molar-refractivity contribution is -0.456. The van der Waals surface area contributed by atoms with Crippen LogP contribution in [0.5, 0.6) is 11.5 Å². The standard InChI is InChI=1S/C45H65O3/c1-4-7-10-13-16-19-34-46-40-28-22-37(23-29-40)43-44(38-24-30-41(31-25-38)47-35-20-17-14-11-8-5-2)45(43)39-26-32-42(33-27-39)48-36-21-18-15-12-9-6-3/h22-33,43-44H,4-21,34-36H2,1-3H3/q+1. The molecule has 0 aromatic heterocycles. The molecular weight excluding hydrogens is 588 g/mol. The van der Waals surface area contributed by atoms with Gasteiger partial charge in [-0.25, -0.2) is 0 Å². The van der Waals surface area contributed by atoms with E-state index in [9.17, 15) is 0 Å². The van der Waals surface area contributed by atoms with Crippen molar-refractivity contribution in [2.45, 2.75) is 148 Å². The van der Waals surface area contributed by atoms with Gasteiger partial charge in [-0.2, -0.15) is 0 Å². The fourth-order valence-electron chi connectivity index (χ4n) is 6.87. The van der Waals surface area contributed by atoms with E-state index in [1.54, 1.807) is 0 Å². The summed E-state index contributed by atoms with van der Waals surface area (Å²) in [7, 11) is 0. The van der Waals surface area contributed by atoms with Gasteiger partial charge in [-0.1, -0.05) is 135 Å². The largest absolute Gasteiger partial charge is 0.494 e. The molecule has 2 atom stereocenters. The Labute approximate surface area is 293 Å². The first-order chi connectivity index (χ1) is 23.7. The van der Waals surface area contributed by atoms with E-state index in [1.807, 2.05) is 0 Å². The molecule has 1 saturated carbocycles. The fourth-order valence-corrected chi connectivity index (χ4v) is 6.87. The normalized spacial score (nSPS) is 16.9. The van der Waals surface area contributed by atoms with E-state index in [0.29, 0.717) is 11.8 Å². The van der Waals surface area contributed by atoms with Crippen LogP contribution in [0, 0.1) is 0 Å². The molecule has 0 amide bonds. The first-order valence-corrected chi connectivity index (χ1v) is 19.8. The van der Waals surface area contributed by atoms with Crippen LogP contribution in [0.15, 0.2) is 84.0 Å². The molecule has 0 heterocycles. The van der Waals surface area contributed by atoms with Crippen LogP contribution < -0.4 is 9.47 Å². The van der Waals surface area contributed by atoms with E-state index < -0.39 is 0 Å². The van der Waals surface area contributed by atoms with Crippen LogP contribution >= 0.6 is 0 Å². The lowest BCUT2D eigenvalue weighted by Crippen LogP contribution is -2.00. The van der Waals surface area contributed by atoms with Crippen molar-refractivity contribution in [2.24, 2.45) is 0 Å². The van der Waals surface area contributed by atoms with Gasteiger partial charge in [-0.15, -0.1) is 0 Å². The zero-order chi connectivity index (χ0) is 33.7. The van der Waals surface area contributed by atoms with Gasteiger partial charge in [0.2, 0.25) is 0 Å². The molecule has 1 fully saturated rings. The molecule has 3 nitrogen and oxygen atoms in total. The molecule has 2 aromatic carbocycles. The zero-order valence-corrected chi connectivity index (χ0v) is 30.7. The van der Waals surface area contributed by atoms with Crippen LogP contribution in [-0.2, 0) is 4.42 Å². The molecule has 2 aromatic rings. The molecule has 48 heavy (non-hydrogen) atoms. The predicted molar refractivity (Wildman–Crippen MR) is 205 cm³/mol. The van der Waals surface area contributed by atoms with E-state index in [-0.39, 0.29) is 0 Å². The molecule has 262 valence electrons. The van der Waals surface area contributed by atoms with Gasteiger partial charge < -0.3 is 9.47 Å². The van der Waals surface area contributed by atoms with Crippen molar-refractivity contribution >= 4 is 5.78 Å². The van der Waals surface area contributed by atoms with Crippen LogP contribution in [-0.4, -0.2) is 25.6 Å². The number of hydrogen-bond donors (Lipinski definition) is 0. The van der Waals surface area contributed by atoms with E-state index >= 15 is 0 Å². The van der Waals surface area contributed by atoms with Crippen LogP contribution in [0.3, 0.4) is 0 Å². The molecule has 2 unspecified atom stereocenters. The Hall–Kier alpha value is -3.07. The molecule has 2 aliphatic carbocycles. The molecule has 0 radical (unpaired) electrons. The number of carbonyl (C=O) groups excluding carboxylic acids is 1. The minimum atomic E-state index is 0.363. The molecule has 0 aliphatic heterocycles. The van der Waals surface area contributed by atoms with Crippen LogP contribution in [0.4, 0.5) is 0 Å². The monoisotopic (exact) mass is 653 g/mol. The summed E-state index contributed by atoms with van der Waals surface area (Å²) in [5.74, 6) is 3.65. The number of rotatable bonds is 25. The van der Waals surface area contributed by atoms with Gasteiger partial charge in [0.15, 0.2) is 0 Å². The van der Waals surface area contributed by atoms with Crippen LogP contribution in [0.1, 0.15) is 159 Å². The Kier molecular flexibility index (Phi) is 17.7. The van der Waals surface area contributed by atoms with Crippen molar-refractivity contribution in [2.75, 3.05) is 19.8 Å². The molecule has 0 N–H and O–H groups in total. The smallest absolute Gasteiger partial charge is 0.343 e. The lowest BCUT2D eigenvalue weighted by Gasteiger charge is -2.08. The van der Waals surface area contributed by atoms with Crippen LogP contribution in [0.25, 0.3) is 0 Å². The van der Waals surface area contributed by atoms with Crippen molar-refractivity contribution in [3.05, 3.63) is 95.1 Å². The first-order valence-electron chi connectivity index (χ1n) is 19.8.